The fourth-order valence-electron chi connectivity index (χ4n) is 2.62. The zero-order chi connectivity index (χ0) is 15.0. The summed E-state index contributed by atoms with van der Waals surface area (Å²) in [6, 6.07) is 7.87. The second-order valence-electron chi connectivity index (χ2n) is 6.76. The lowest BCUT2D eigenvalue weighted by Gasteiger charge is -2.32. The molecule has 1 fully saturated rings. The van der Waals surface area contributed by atoms with Crippen molar-refractivity contribution in [3.8, 4) is 0 Å². The molecule has 1 aromatic carbocycles. The first kappa shape index (κ1) is 15.3. The van der Waals surface area contributed by atoms with E-state index < -0.39 is 9.84 Å². The largest absolute Gasteiger partial charge is 0.399 e. The Balaban J connectivity index is 2.04. The molecular weight excluding hydrogens is 272 g/mol. The molecule has 1 aromatic rings. The second-order valence-corrected chi connectivity index (χ2v) is 8.95. The Morgan fingerprint density at radius 2 is 1.90 bits per heavy atom. The average Bonchev–Trinajstić information content (AvgIpc) is 2.63. The summed E-state index contributed by atoms with van der Waals surface area (Å²) in [4.78, 5) is 0. The molecule has 0 aliphatic carbocycles. The number of hydrogen-bond donors (Lipinski definition) is 2. The van der Waals surface area contributed by atoms with E-state index in [0.29, 0.717) is 12.2 Å². The van der Waals surface area contributed by atoms with Crippen LogP contribution in [0, 0.1) is 0 Å². The third-order valence-corrected chi connectivity index (χ3v) is 6.06. The fourth-order valence-corrected chi connectivity index (χ4v) is 4.74. The molecule has 0 bridgehead atoms. The zero-order valence-corrected chi connectivity index (χ0v) is 13.3. The summed E-state index contributed by atoms with van der Waals surface area (Å²) in [5.74, 6) is 0.524. The van der Waals surface area contributed by atoms with Gasteiger partial charge in [-0.3, -0.25) is 0 Å². The third-order valence-electron chi connectivity index (χ3n) is 4.15. The molecule has 2 rings (SSSR count). The number of hydrogen-bond acceptors (Lipinski definition) is 4. The van der Waals surface area contributed by atoms with Crippen molar-refractivity contribution in [3.63, 3.8) is 0 Å². The smallest absolute Gasteiger partial charge is 0.152 e. The van der Waals surface area contributed by atoms with Crippen molar-refractivity contribution in [2.75, 3.05) is 23.8 Å². The summed E-state index contributed by atoms with van der Waals surface area (Å²) >= 11 is 0. The minimum absolute atomic E-state index is 0.0664. The van der Waals surface area contributed by atoms with Gasteiger partial charge in [0.1, 0.15) is 0 Å². The molecule has 1 aliphatic heterocycles. The standard InChI is InChI=1S/C15H24N2O2S/c1-14(2,12-4-6-13(16)7-5-12)10-17-15(3)8-9-20(18,19)11-15/h4-7,17H,8-11,16H2,1-3H3. The normalized spacial score (nSPS) is 25.8. The lowest BCUT2D eigenvalue weighted by molar-refractivity contribution is 0.346. The second kappa shape index (κ2) is 5.04. The van der Waals surface area contributed by atoms with E-state index in [0.717, 1.165) is 12.2 Å². The highest BCUT2D eigenvalue weighted by molar-refractivity contribution is 7.91. The van der Waals surface area contributed by atoms with Gasteiger partial charge in [-0.25, -0.2) is 8.42 Å². The van der Waals surface area contributed by atoms with Crippen LogP contribution in [0.25, 0.3) is 0 Å². The van der Waals surface area contributed by atoms with E-state index in [1.54, 1.807) is 0 Å². The minimum Gasteiger partial charge on any atom is -0.399 e. The van der Waals surface area contributed by atoms with Crippen molar-refractivity contribution in [3.05, 3.63) is 29.8 Å². The first-order chi connectivity index (χ1) is 9.12. The summed E-state index contributed by atoms with van der Waals surface area (Å²) in [5.41, 5.74) is 7.30. The molecule has 0 amide bonds. The van der Waals surface area contributed by atoms with Crippen LogP contribution >= 0.6 is 0 Å². The number of anilines is 1. The molecule has 0 aromatic heterocycles. The highest BCUT2D eigenvalue weighted by Gasteiger charge is 2.39. The minimum atomic E-state index is -2.87. The highest BCUT2D eigenvalue weighted by Crippen LogP contribution is 2.27. The van der Waals surface area contributed by atoms with Crippen molar-refractivity contribution in [2.24, 2.45) is 0 Å². The summed E-state index contributed by atoms with van der Waals surface area (Å²) in [7, 11) is -2.87. The molecule has 1 atom stereocenters. The number of nitrogen functional groups attached to an aromatic ring is 1. The molecule has 1 unspecified atom stereocenters. The predicted octanol–water partition coefficient (Wildman–Crippen LogP) is 1.71. The molecule has 112 valence electrons. The molecule has 1 heterocycles. The van der Waals surface area contributed by atoms with Crippen LogP contribution in [0.5, 0.6) is 0 Å². The van der Waals surface area contributed by atoms with Gasteiger partial charge in [-0.2, -0.15) is 0 Å². The Labute approximate surface area is 121 Å². The third kappa shape index (κ3) is 3.52. The zero-order valence-electron chi connectivity index (χ0n) is 12.4. The average molecular weight is 296 g/mol. The maximum Gasteiger partial charge on any atom is 0.152 e. The van der Waals surface area contributed by atoms with E-state index in [4.69, 9.17) is 5.73 Å². The lowest BCUT2D eigenvalue weighted by atomic mass is 9.83. The Bertz CT molecular complexity index is 578. The summed E-state index contributed by atoms with van der Waals surface area (Å²) < 4.78 is 23.2. The van der Waals surface area contributed by atoms with Crippen LogP contribution in [0.15, 0.2) is 24.3 Å². The molecule has 1 saturated heterocycles. The van der Waals surface area contributed by atoms with Gasteiger partial charge in [-0.1, -0.05) is 26.0 Å². The molecule has 4 nitrogen and oxygen atoms in total. The van der Waals surface area contributed by atoms with Gasteiger partial charge >= 0.3 is 0 Å². The van der Waals surface area contributed by atoms with Crippen molar-refractivity contribution < 1.29 is 8.42 Å². The maximum absolute atomic E-state index is 11.6. The SMILES string of the molecule is CC1(NCC(C)(C)c2ccc(N)cc2)CCS(=O)(=O)C1. The number of benzene rings is 1. The van der Waals surface area contributed by atoms with Crippen molar-refractivity contribution in [2.45, 2.75) is 38.1 Å². The van der Waals surface area contributed by atoms with E-state index in [1.807, 2.05) is 31.2 Å². The van der Waals surface area contributed by atoms with Crippen LogP contribution in [0.4, 0.5) is 5.69 Å². The van der Waals surface area contributed by atoms with Gasteiger partial charge in [-0.15, -0.1) is 0 Å². The molecule has 20 heavy (non-hydrogen) atoms. The number of nitrogens with two attached hydrogens (primary N) is 1. The Morgan fingerprint density at radius 1 is 1.30 bits per heavy atom. The summed E-state index contributed by atoms with van der Waals surface area (Å²) in [5, 5.41) is 3.46. The van der Waals surface area contributed by atoms with Crippen molar-refractivity contribution in [1.82, 2.24) is 5.32 Å². The molecular formula is C15H24N2O2S. The molecule has 3 N–H and O–H groups in total. The van der Waals surface area contributed by atoms with Gasteiger partial charge < -0.3 is 11.1 Å². The Morgan fingerprint density at radius 3 is 2.40 bits per heavy atom. The van der Waals surface area contributed by atoms with Gasteiger partial charge in [0.25, 0.3) is 0 Å². The first-order valence-corrected chi connectivity index (χ1v) is 8.76. The van der Waals surface area contributed by atoms with Crippen LogP contribution in [-0.4, -0.2) is 32.0 Å². The van der Waals surface area contributed by atoms with Crippen LogP contribution in [-0.2, 0) is 15.3 Å². The number of rotatable bonds is 4. The Hall–Kier alpha value is -1.07. The first-order valence-electron chi connectivity index (χ1n) is 6.93. The number of nitrogens with one attached hydrogen (secondary N) is 1. The molecule has 0 saturated carbocycles. The summed E-state index contributed by atoms with van der Waals surface area (Å²) in [6.45, 7) is 7.04. The fraction of sp³-hybridized carbons (Fsp3) is 0.600. The van der Waals surface area contributed by atoms with Gasteiger partial charge in [0, 0.05) is 23.2 Å². The lowest BCUT2D eigenvalue weighted by Crippen LogP contribution is -2.48. The summed E-state index contributed by atoms with van der Waals surface area (Å²) in [6.07, 6.45) is 0.688. The van der Waals surface area contributed by atoms with Gasteiger partial charge in [0.05, 0.1) is 11.5 Å². The quantitative estimate of drug-likeness (QED) is 0.830. The van der Waals surface area contributed by atoms with Crippen LogP contribution in [0.1, 0.15) is 32.8 Å². The van der Waals surface area contributed by atoms with Gasteiger partial charge in [0.15, 0.2) is 9.84 Å². The highest BCUT2D eigenvalue weighted by atomic mass is 32.2. The van der Waals surface area contributed by atoms with Crippen LogP contribution in [0.3, 0.4) is 0 Å². The van der Waals surface area contributed by atoms with Crippen LogP contribution < -0.4 is 11.1 Å². The van der Waals surface area contributed by atoms with E-state index in [9.17, 15) is 8.42 Å². The van der Waals surface area contributed by atoms with Gasteiger partial charge in [0.2, 0.25) is 0 Å². The van der Waals surface area contributed by atoms with E-state index in [2.05, 4.69) is 19.2 Å². The Kier molecular flexibility index (Phi) is 3.86. The topological polar surface area (TPSA) is 72.2 Å². The predicted molar refractivity (Wildman–Crippen MR) is 83.6 cm³/mol. The maximum atomic E-state index is 11.6. The molecule has 1 aliphatic rings. The van der Waals surface area contributed by atoms with E-state index >= 15 is 0 Å². The molecule has 5 heteroatoms. The van der Waals surface area contributed by atoms with Gasteiger partial charge in [-0.05, 0) is 31.0 Å². The van der Waals surface area contributed by atoms with E-state index in [1.165, 1.54) is 5.56 Å². The number of sulfone groups is 1. The monoisotopic (exact) mass is 296 g/mol. The van der Waals surface area contributed by atoms with Crippen LogP contribution in [0.2, 0.25) is 0 Å². The van der Waals surface area contributed by atoms with Crippen molar-refractivity contribution in [1.29, 1.82) is 0 Å². The molecule has 0 spiro atoms. The van der Waals surface area contributed by atoms with Crippen molar-refractivity contribution >= 4 is 15.5 Å². The van der Waals surface area contributed by atoms with E-state index in [-0.39, 0.29) is 16.7 Å². The molecule has 0 radical (unpaired) electrons.